The van der Waals surface area contributed by atoms with Gasteiger partial charge < -0.3 is 4.52 Å². The minimum atomic E-state index is -3.98. The molecule has 13 heteroatoms. The Labute approximate surface area is 192 Å². The summed E-state index contributed by atoms with van der Waals surface area (Å²) < 4.78 is 32.2. The lowest BCUT2D eigenvalue weighted by Gasteiger charge is -2.15. The van der Waals surface area contributed by atoms with E-state index in [1.54, 1.807) is 19.1 Å². The standard InChI is InChI=1S/C19H18N6O4S3/c1-3-25(11-15-20-16(24-29-15)14-5-4-10-30-14)32(27,28)19-23-22-18(31-19)21-17(26)13-8-6-12(2)7-9-13/h4-10H,3,11H2,1-2H3,(H,21,22,26). The molecule has 1 aromatic carbocycles. The van der Waals surface area contributed by atoms with Crippen LogP contribution in [-0.4, -0.2) is 45.5 Å². The molecule has 0 saturated carbocycles. The Bertz CT molecular complexity index is 1310. The van der Waals surface area contributed by atoms with Crippen LogP contribution in [0.2, 0.25) is 0 Å². The van der Waals surface area contributed by atoms with Gasteiger partial charge in [0, 0.05) is 12.1 Å². The Morgan fingerprint density at radius 1 is 1.19 bits per heavy atom. The van der Waals surface area contributed by atoms with E-state index in [4.69, 9.17) is 4.52 Å². The first-order chi connectivity index (χ1) is 15.4. The number of aryl methyl sites for hydroxylation is 1. The summed E-state index contributed by atoms with van der Waals surface area (Å²) in [6.07, 6.45) is 0. The molecule has 0 bridgehead atoms. The van der Waals surface area contributed by atoms with Crippen molar-refractivity contribution >= 4 is 43.7 Å². The summed E-state index contributed by atoms with van der Waals surface area (Å²) >= 11 is 2.23. The van der Waals surface area contributed by atoms with Crippen molar-refractivity contribution in [1.82, 2.24) is 24.6 Å². The molecule has 0 fully saturated rings. The van der Waals surface area contributed by atoms with Crippen molar-refractivity contribution in [3.63, 3.8) is 0 Å². The fourth-order valence-corrected chi connectivity index (χ4v) is 5.77. The maximum atomic E-state index is 13.0. The van der Waals surface area contributed by atoms with Gasteiger partial charge in [0.1, 0.15) is 0 Å². The first-order valence-corrected chi connectivity index (χ1v) is 12.6. The van der Waals surface area contributed by atoms with Crippen LogP contribution in [0.3, 0.4) is 0 Å². The average molecular weight is 491 g/mol. The molecule has 32 heavy (non-hydrogen) atoms. The third-order valence-corrected chi connectivity index (χ3v) is 8.35. The molecule has 0 atom stereocenters. The molecule has 3 aromatic heterocycles. The second-order valence-corrected chi connectivity index (χ2v) is 10.7. The third kappa shape index (κ3) is 4.75. The molecule has 0 spiro atoms. The Morgan fingerprint density at radius 3 is 2.66 bits per heavy atom. The highest BCUT2D eigenvalue weighted by molar-refractivity contribution is 7.91. The number of thiophene rings is 1. The average Bonchev–Trinajstić information content (AvgIpc) is 3.53. The van der Waals surface area contributed by atoms with E-state index >= 15 is 0 Å². The Hall–Kier alpha value is -3.00. The lowest BCUT2D eigenvalue weighted by Crippen LogP contribution is -2.30. The van der Waals surface area contributed by atoms with E-state index in [0.717, 1.165) is 26.1 Å². The lowest BCUT2D eigenvalue weighted by molar-refractivity contribution is 0.102. The molecule has 4 aromatic rings. The zero-order valence-corrected chi connectivity index (χ0v) is 19.5. The fourth-order valence-electron chi connectivity index (χ4n) is 2.69. The monoisotopic (exact) mass is 490 g/mol. The predicted octanol–water partition coefficient (Wildman–Crippen LogP) is 3.42. The molecule has 0 radical (unpaired) electrons. The summed E-state index contributed by atoms with van der Waals surface area (Å²) in [6, 6.07) is 10.7. The van der Waals surface area contributed by atoms with Crippen molar-refractivity contribution in [2.75, 3.05) is 11.9 Å². The number of nitrogens with zero attached hydrogens (tertiary/aromatic N) is 5. The van der Waals surface area contributed by atoms with Crippen LogP contribution in [0, 0.1) is 6.92 Å². The molecule has 166 valence electrons. The second-order valence-electron chi connectivity index (χ2n) is 6.61. The topological polar surface area (TPSA) is 131 Å². The summed E-state index contributed by atoms with van der Waals surface area (Å²) in [5.41, 5.74) is 1.46. The minimum Gasteiger partial charge on any atom is -0.337 e. The first kappa shape index (κ1) is 22.2. The number of carbonyl (C=O) groups is 1. The molecular weight excluding hydrogens is 472 g/mol. The molecule has 0 aliphatic rings. The number of hydrogen-bond donors (Lipinski definition) is 1. The normalized spacial score (nSPS) is 11.7. The highest BCUT2D eigenvalue weighted by Crippen LogP contribution is 2.26. The van der Waals surface area contributed by atoms with Crippen molar-refractivity contribution in [3.05, 3.63) is 58.8 Å². The largest absolute Gasteiger partial charge is 0.337 e. The molecule has 10 nitrogen and oxygen atoms in total. The van der Waals surface area contributed by atoms with Gasteiger partial charge in [0.15, 0.2) is 0 Å². The highest BCUT2D eigenvalue weighted by Gasteiger charge is 2.29. The van der Waals surface area contributed by atoms with E-state index in [9.17, 15) is 13.2 Å². The van der Waals surface area contributed by atoms with E-state index in [0.29, 0.717) is 11.4 Å². The predicted molar refractivity (Wildman–Crippen MR) is 120 cm³/mol. The maximum Gasteiger partial charge on any atom is 0.272 e. The van der Waals surface area contributed by atoms with E-state index < -0.39 is 15.9 Å². The molecular formula is C19H18N6O4S3. The molecule has 0 aliphatic heterocycles. The second kappa shape index (κ2) is 9.24. The van der Waals surface area contributed by atoms with Crippen LogP contribution >= 0.6 is 22.7 Å². The summed E-state index contributed by atoms with van der Waals surface area (Å²) in [7, 11) is -3.98. The minimum absolute atomic E-state index is 0.0861. The number of aromatic nitrogens is 4. The zero-order valence-electron chi connectivity index (χ0n) is 17.0. The molecule has 1 N–H and O–H groups in total. The number of anilines is 1. The van der Waals surface area contributed by atoms with Crippen molar-refractivity contribution < 1.29 is 17.7 Å². The number of hydrogen-bond acceptors (Lipinski definition) is 10. The van der Waals surface area contributed by atoms with E-state index in [1.807, 2.05) is 36.6 Å². The van der Waals surface area contributed by atoms with Gasteiger partial charge >= 0.3 is 0 Å². The van der Waals surface area contributed by atoms with Crippen LogP contribution in [0.15, 0.2) is 50.6 Å². The summed E-state index contributed by atoms with van der Waals surface area (Å²) in [5, 5.41) is 16.0. The maximum absolute atomic E-state index is 13.0. The van der Waals surface area contributed by atoms with Gasteiger partial charge in [-0.2, -0.15) is 9.29 Å². The van der Waals surface area contributed by atoms with Crippen LogP contribution in [0.25, 0.3) is 10.7 Å². The first-order valence-electron chi connectivity index (χ1n) is 9.45. The van der Waals surface area contributed by atoms with Gasteiger partial charge in [-0.05, 0) is 30.5 Å². The Kier molecular flexibility index (Phi) is 6.41. The van der Waals surface area contributed by atoms with Gasteiger partial charge in [-0.15, -0.1) is 21.5 Å². The Balaban J connectivity index is 1.48. The number of benzene rings is 1. The van der Waals surface area contributed by atoms with Crippen LogP contribution in [0.5, 0.6) is 0 Å². The Morgan fingerprint density at radius 2 is 1.97 bits per heavy atom. The summed E-state index contributed by atoms with van der Waals surface area (Å²) in [6.45, 7) is 3.65. The van der Waals surface area contributed by atoms with Crippen LogP contribution in [-0.2, 0) is 16.6 Å². The van der Waals surface area contributed by atoms with Gasteiger partial charge in [0.05, 0.1) is 11.4 Å². The molecule has 3 heterocycles. The van der Waals surface area contributed by atoms with Crippen molar-refractivity contribution in [1.29, 1.82) is 0 Å². The number of sulfonamides is 1. The zero-order chi connectivity index (χ0) is 22.7. The van der Waals surface area contributed by atoms with Crippen molar-refractivity contribution in [3.8, 4) is 10.7 Å². The smallest absolute Gasteiger partial charge is 0.272 e. The number of nitrogens with one attached hydrogen (secondary N) is 1. The lowest BCUT2D eigenvalue weighted by atomic mass is 10.1. The van der Waals surface area contributed by atoms with E-state index in [2.05, 4.69) is 25.7 Å². The van der Waals surface area contributed by atoms with E-state index in [-0.39, 0.29) is 28.5 Å². The molecule has 0 aliphatic carbocycles. The van der Waals surface area contributed by atoms with Gasteiger partial charge in [0.2, 0.25) is 21.2 Å². The number of rotatable bonds is 8. The number of amides is 1. The van der Waals surface area contributed by atoms with Gasteiger partial charge in [0.25, 0.3) is 15.9 Å². The molecule has 0 unspecified atom stereocenters. The van der Waals surface area contributed by atoms with Gasteiger partial charge in [-0.3, -0.25) is 10.1 Å². The van der Waals surface area contributed by atoms with E-state index in [1.165, 1.54) is 11.3 Å². The summed E-state index contributed by atoms with van der Waals surface area (Å²) in [5.74, 6) is 0.168. The molecule has 0 saturated heterocycles. The number of carbonyl (C=O) groups excluding carboxylic acids is 1. The SMILES string of the molecule is CCN(Cc1nc(-c2cccs2)no1)S(=O)(=O)c1nnc(NC(=O)c2ccc(C)cc2)s1. The van der Waals surface area contributed by atoms with Crippen LogP contribution in [0.4, 0.5) is 5.13 Å². The van der Waals surface area contributed by atoms with Crippen molar-refractivity contribution in [2.45, 2.75) is 24.7 Å². The fraction of sp³-hybridized carbons (Fsp3) is 0.211. The summed E-state index contributed by atoms with van der Waals surface area (Å²) in [4.78, 5) is 17.4. The van der Waals surface area contributed by atoms with Crippen molar-refractivity contribution in [2.24, 2.45) is 0 Å². The molecule has 1 amide bonds. The highest BCUT2D eigenvalue weighted by atomic mass is 32.2. The van der Waals surface area contributed by atoms with Crippen LogP contribution in [0.1, 0.15) is 28.7 Å². The van der Waals surface area contributed by atoms with Crippen LogP contribution < -0.4 is 5.32 Å². The van der Waals surface area contributed by atoms with Gasteiger partial charge in [-0.25, -0.2) is 8.42 Å². The van der Waals surface area contributed by atoms with Gasteiger partial charge in [-0.1, -0.05) is 47.2 Å². The molecule has 4 rings (SSSR count). The quantitative estimate of drug-likeness (QED) is 0.372. The third-order valence-electron chi connectivity index (χ3n) is 4.38.